The van der Waals surface area contributed by atoms with Gasteiger partial charge in [-0.1, -0.05) is 153 Å². The molecule has 3 aromatic heterocycles. The third-order valence-corrected chi connectivity index (χ3v) is 12.9. The maximum Gasteiger partial charge on any atom is 0.147 e. The summed E-state index contributed by atoms with van der Waals surface area (Å²) in [5.74, 6) is 0. The van der Waals surface area contributed by atoms with Gasteiger partial charge in [-0.25, -0.2) is 4.98 Å². The van der Waals surface area contributed by atoms with Crippen LogP contribution in [0.2, 0.25) is 0 Å². The van der Waals surface area contributed by atoms with Gasteiger partial charge in [0.05, 0.1) is 28.3 Å². The van der Waals surface area contributed by atoms with E-state index in [1.54, 1.807) is 0 Å². The highest BCUT2D eigenvalue weighted by atomic mass is 16.3. The first kappa shape index (κ1) is 32.5. The second kappa shape index (κ2) is 11.7. The molecule has 0 saturated heterocycles. The normalized spacial score (nSPS) is 13.4. The first-order valence-corrected chi connectivity index (χ1v) is 20.2. The highest BCUT2D eigenvalue weighted by Gasteiger charge is 2.35. The van der Waals surface area contributed by atoms with Crippen LogP contribution in [-0.4, -0.2) is 9.97 Å². The monoisotopic (exact) mass is 754 g/mol. The molecule has 0 spiro atoms. The van der Waals surface area contributed by atoms with Crippen molar-refractivity contribution in [3.05, 3.63) is 181 Å². The van der Waals surface area contributed by atoms with E-state index in [1.165, 1.54) is 33.0 Å². The molecule has 0 fully saturated rings. The highest BCUT2D eigenvalue weighted by Crippen LogP contribution is 2.51. The maximum atomic E-state index is 7.17. The fourth-order valence-corrected chi connectivity index (χ4v) is 10.1. The molecule has 4 heteroatoms. The number of para-hydroxylation sites is 2. The quantitative estimate of drug-likeness (QED) is 0.169. The summed E-state index contributed by atoms with van der Waals surface area (Å²) in [5.41, 5.74) is 16.4. The zero-order chi connectivity index (χ0) is 39.0. The fourth-order valence-electron chi connectivity index (χ4n) is 10.1. The topological polar surface area (TPSA) is 52.1 Å². The Bertz CT molecular complexity index is 3740. The molecule has 12 aromatic rings. The summed E-state index contributed by atoms with van der Waals surface area (Å²) in [6, 6.07) is 58.3. The van der Waals surface area contributed by atoms with E-state index in [0.29, 0.717) is 0 Å². The van der Waals surface area contributed by atoms with Gasteiger partial charge in [0.1, 0.15) is 22.3 Å². The van der Waals surface area contributed by atoms with E-state index in [9.17, 15) is 0 Å². The molecule has 0 radical (unpaired) electrons. The van der Waals surface area contributed by atoms with Crippen LogP contribution in [0.15, 0.2) is 179 Å². The SMILES string of the molecule is CC1(C)c2ccccc2-c2ccc(-c3cccc4c3oc3c(-c5cccc(-c6cnc7c8ccccc8c8ccccc8c7n6)c5)cc5c6ccccc6oc5c34)cc21. The Hall–Kier alpha value is -7.56. The molecule has 0 unspecified atom stereocenters. The van der Waals surface area contributed by atoms with Crippen LogP contribution in [0.4, 0.5) is 0 Å². The van der Waals surface area contributed by atoms with Gasteiger partial charge in [0.2, 0.25) is 0 Å². The summed E-state index contributed by atoms with van der Waals surface area (Å²) < 4.78 is 13.9. The molecule has 0 saturated carbocycles. The Balaban J connectivity index is 1.03. The van der Waals surface area contributed by atoms with Gasteiger partial charge < -0.3 is 8.83 Å². The largest absolute Gasteiger partial charge is 0.455 e. The van der Waals surface area contributed by atoms with Gasteiger partial charge in [0.25, 0.3) is 0 Å². The number of furan rings is 2. The van der Waals surface area contributed by atoms with Crippen LogP contribution in [0.3, 0.4) is 0 Å². The van der Waals surface area contributed by atoms with Gasteiger partial charge in [-0.15, -0.1) is 0 Å². The Morgan fingerprint density at radius 1 is 0.407 bits per heavy atom. The van der Waals surface area contributed by atoms with Crippen molar-refractivity contribution in [1.29, 1.82) is 0 Å². The number of rotatable bonds is 3. The molecular weight excluding hydrogens is 721 g/mol. The minimum Gasteiger partial charge on any atom is -0.455 e. The van der Waals surface area contributed by atoms with E-state index >= 15 is 0 Å². The van der Waals surface area contributed by atoms with Crippen molar-refractivity contribution in [3.8, 4) is 44.6 Å². The van der Waals surface area contributed by atoms with E-state index in [0.717, 1.165) is 99.2 Å². The zero-order valence-corrected chi connectivity index (χ0v) is 32.4. The third-order valence-electron chi connectivity index (χ3n) is 12.9. The van der Waals surface area contributed by atoms with Gasteiger partial charge in [-0.3, -0.25) is 4.98 Å². The lowest BCUT2D eigenvalue weighted by Gasteiger charge is -2.22. The maximum absolute atomic E-state index is 7.17. The van der Waals surface area contributed by atoms with E-state index < -0.39 is 0 Å². The number of hydrogen-bond donors (Lipinski definition) is 0. The second-order valence-electron chi connectivity index (χ2n) is 16.4. The van der Waals surface area contributed by atoms with Crippen LogP contribution in [-0.2, 0) is 5.41 Å². The molecule has 0 bridgehead atoms. The predicted molar refractivity (Wildman–Crippen MR) is 243 cm³/mol. The Morgan fingerprint density at radius 3 is 1.90 bits per heavy atom. The predicted octanol–water partition coefficient (Wildman–Crippen LogP) is 15.0. The average molecular weight is 755 g/mol. The van der Waals surface area contributed by atoms with Crippen molar-refractivity contribution >= 4 is 76.5 Å². The molecule has 0 N–H and O–H groups in total. The van der Waals surface area contributed by atoms with E-state index in [1.807, 2.05) is 18.3 Å². The molecule has 0 aliphatic heterocycles. The van der Waals surface area contributed by atoms with Crippen molar-refractivity contribution < 1.29 is 8.83 Å². The van der Waals surface area contributed by atoms with Gasteiger partial charge >= 0.3 is 0 Å². The summed E-state index contributed by atoms with van der Waals surface area (Å²) in [4.78, 5) is 10.4. The van der Waals surface area contributed by atoms with Gasteiger partial charge in [0.15, 0.2) is 0 Å². The molecule has 3 heterocycles. The summed E-state index contributed by atoms with van der Waals surface area (Å²) in [6.45, 7) is 4.66. The summed E-state index contributed by atoms with van der Waals surface area (Å²) in [5, 5.41) is 8.71. The molecular formula is C55H34N2O2. The second-order valence-corrected chi connectivity index (χ2v) is 16.4. The lowest BCUT2D eigenvalue weighted by Crippen LogP contribution is -2.14. The first-order chi connectivity index (χ1) is 29.0. The lowest BCUT2D eigenvalue weighted by atomic mass is 9.81. The Labute approximate surface area is 339 Å². The molecule has 59 heavy (non-hydrogen) atoms. The summed E-state index contributed by atoms with van der Waals surface area (Å²) in [6.07, 6.45) is 1.91. The Morgan fingerprint density at radius 2 is 1.05 bits per heavy atom. The van der Waals surface area contributed by atoms with Crippen LogP contribution in [0.25, 0.3) is 121 Å². The molecule has 1 aliphatic carbocycles. The molecule has 0 amide bonds. The number of benzene rings is 9. The number of nitrogens with zero attached hydrogens (tertiary/aromatic N) is 2. The van der Waals surface area contributed by atoms with Gasteiger partial charge in [0, 0.05) is 49.0 Å². The number of fused-ring (bicyclic) bond motifs is 16. The standard InChI is InChI=1S/C55H34N2O2/c1-55(2)45-23-9-7-17-37(45)38-26-25-32(28-46(38)55)34-21-12-22-42-49-53(59-52(34)42)43(29-44-39-18-8-10-24-48(39)58-54(44)49)31-13-11-14-33(27-31)47-30-56-50-40-19-5-3-15-35(40)36-16-4-6-20-41(36)51(50)57-47/h3-30H,1-2H3. The minimum absolute atomic E-state index is 0.112. The van der Waals surface area contributed by atoms with Crippen molar-refractivity contribution in [3.63, 3.8) is 0 Å². The van der Waals surface area contributed by atoms with Gasteiger partial charge in [-0.05, 0) is 68.4 Å². The molecule has 9 aromatic carbocycles. The van der Waals surface area contributed by atoms with E-state index in [-0.39, 0.29) is 5.41 Å². The summed E-state index contributed by atoms with van der Waals surface area (Å²) >= 11 is 0. The number of hydrogen-bond acceptors (Lipinski definition) is 4. The molecule has 0 atom stereocenters. The van der Waals surface area contributed by atoms with Crippen LogP contribution in [0.1, 0.15) is 25.0 Å². The van der Waals surface area contributed by atoms with Crippen LogP contribution < -0.4 is 0 Å². The van der Waals surface area contributed by atoms with Crippen LogP contribution >= 0.6 is 0 Å². The third kappa shape index (κ3) is 4.49. The van der Waals surface area contributed by atoms with Crippen molar-refractivity contribution in [2.24, 2.45) is 0 Å². The van der Waals surface area contributed by atoms with Gasteiger partial charge in [-0.2, -0.15) is 0 Å². The Kier molecular flexibility index (Phi) is 6.48. The van der Waals surface area contributed by atoms with E-state index in [2.05, 4.69) is 166 Å². The van der Waals surface area contributed by atoms with Crippen molar-refractivity contribution in [2.75, 3.05) is 0 Å². The molecule has 276 valence electrons. The molecule has 13 rings (SSSR count). The molecule has 4 nitrogen and oxygen atoms in total. The van der Waals surface area contributed by atoms with E-state index in [4.69, 9.17) is 18.8 Å². The lowest BCUT2D eigenvalue weighted by molar-refractivity contribution is 0.660. The van der Waals surface area contributed by atoms with Crippen molar-refractivity contribution in [2.45, 2.75) is 19.3 Å². The number of aromatic nitrogens is 2. The summed E-state index contributed by atoms with van der Waals surface area (Å²) in [7, 11) is 0. The smallest absolute Gasteiger partial charge is 0.147 e. The van der Waals surface area contributed by atoms with Crippen LogP contribution in [0.5, 0.6) is 0 Å². The minimum atomic E-state index is -0.112. The highest BCUT2D eigenvalue weighted by molar-refractivity contribution is 6.27. The fraction of sp³-hybridized carbons (Fsp3) is 0.0545. The van der Waals surface area contributed by atoms with Crippen LogP contribution in [0, 0.1) is 0 Å². The van der Waals surface area contributed by atoms with Crippen molar-refractivity contribution in [1.82, 2.24) is 9.97 Å². The average Bonchev–Trinajstić information content (AvgIpc) is 3.94. The first-order valence-electron chi connectivity index (χ1n) is 20.2. The molecule has 1 aliphatic rings. The zero-order valence-electron chi connectivity index (χ0n) is 32.4.